The highest BCUT2D eigenvalue weighted by atomic mass is 32.2. The highest BCUT2D eigenvalue weighted by Crippen LogP contribution is 2.38. The summed E-state index contributed by atoms with van der Waals surface area (Å²) in [6, 6.07) is 0. The molecule has 0 rings (SSSR count). The second-order valence-corrected chi connectivity index (χ2v) is 6.54. The first-order valence-electron chi connectivity index (χ1n) is 7.04. The van der Waals surface area contributed by atoms with Crippen molar-refractivity contribution >= 4 is 22.0 Å². The molecule has 0 aliphatic rings. The summed E-state index contributed by atoms with van der Waals surface area (Å²) in [5, 5.41) is -3.75. The molecule has 0 heterocycles. The number of carbonyl (C=O) groups is 2. The van der Waals surface area contributed by atoms with Gasteiger partial charge in [-0.05, 0) is 6.92 Å². The van der Waals surface area contributed by atoms with Crippen LogP contribution in [0.5, 0.6) is 0 Å². The third-order valence-electron chi connectivity index (χ3n) is 2.90. The fourth-order valence-corrected chi connectivity index (χ4v) is 1.77. The van der Waals surface area contributed by atoms with E-state index < -0.39 is 70.5 Å². The molecule has 0 aromatic carbocycles. The lowest BCUT2D eigenvalue weighted by atomic mass is 10.2. The van der Waals surface area contributed by atoms with E-state index in [0.717, 1.165) is 6.92 Å². The van der Waals surface area contributed by atoms with Crippen molar-refractivity contribution in [1.82, 2.24) is 5.32 Å². The maximum absolute atomic E-state index is 13.4. The number of hydrogen-bond acceptors (Lipinski definition) is 7. The molecular formula is C12H12F8NO7S-. The molecular weight excluding hydrogens is 454 g/mol. The van der Waals surface area contributed by atoms with Crippen molar-refractivity contribution in [3.8, 4) is 0 Å². The number of rotatable bonds is 9. The van der Waals surface area contributed by atoms with Gasteiger partial charge in [-0.15, -0.1) is 0 Å². The summed E-state index contributed by atoms with van der Waals surface area (Å²) < 4.78 is 142. The number of esters is 1. The Hall–Kier alpha value is -2.01. The summed E-state index contributed by atoms with van der Waals surface area (Å²) in [6.07, 6.45) is -14.0. The van der Waals surface area contributed by atoms with E-state index in [1.807, 2.05) is 0 Å². The van der Waals surface area contributed by atoms with Gasteiger partial charge in [-0.25, -0.2) is 13.2 Å². The molecule has 0 aliphatic carbocycles. The molecule has 0 fully saturated rings. The molecule has 0 spiro atoms. The molecule has 1 unspecified atom stereocenters. The highest BCUT2D eigenvalue weighted by Gasteiger charge is 2.67. The average molecular weight is 466 g/mol. The lowest BCUT2D eigenvalue weighted by Crippen LogP contribution is -2.62. The molecule has 1 N–H and O–H groups in total. The summed E-state index contributed by atoms with van der Waals surface area (Å²) in [5.41, 5.74) is -2.49. The number of ether oxygens (including phenoxy) is 2. The minimum Gasteiger partial charge on any atom is -0.743 e. The molecule has 0 saturated carbocycles. The van der Waals surface area contributed by atoms with E-state index in [1.54, 1.807) is 0 Å². The molecule has 170 valence electrons. The van der Waals surface area contributed by atoms with Crippen LogP contribution in [0.15, 0.2) is 12.2 Å². The fourth-order valence-electron chi connectivity index (χ4n) is 1.43. The van der Waals surface area contributed by atoms with Gasteiger partial charge in [-0.3, -0.25) is 4.79 Å². The Morgan fingerprint density at radius 1 is 1.07 bits per heavy atom. The van der Waals surface area contributed by atoms with Gasteiger partial charge in [0.15, 0.2) is 10.1 Å². The predicted molar refractivity (Wildman–Crippen MR) is 74.0 cm³/mol. The molecule has 0 aromatic heterocycles. The lowest BCUT2D eigenvalue weighted by molar-refractivity contribution is -0.348. The Kier molecular flexibility index (Phi) is 8.17. The number of likely N-dealkylation sites (N-methyl/N-ethyl adjacent to an activating group) is 1. The van der Waals surface area contributed by atoms with Gasteiger partial charge in [0.1, 0.15) is 5.57 Å². The zero-order valence-corrected chi connectivity index (χ0v) is 14.9. The standard InChI is InChI=1S/C12H13F8NO7S/c1-3-21-8(23)10(12(18,19)20,28-7(22)6(2)11(15,16)17)27-5-4-9(13,14)29(24,25)26/h2-5H2,1H3,(H,21,23)(H,24,25,26)/p-1. The van der Waals surface area contributed by atoms with Gasteiger partial charge < -0.3 is 19.3 Å². The van der Waals surface area contributed by atoms with E-state index in [4.69, 9.17) is 0 Å². The first-order chi connectivity index (χ1) is 12.7. The number of carbonyl (C=O) groups excluding carboxylic acids is 2. The van der Waals surface area contributed by atoms with E-state index in [-0.39, 0.29) is 0 Å². The van der Waals surface area contributed by atoms with Crippen LogP contribution in [0, 0.1) is 0 Å². The van der Waals surface area contributed by atoms with Gasteiger partial charge in [-0.2, -0.15) is 35.1 Å². The van der Waals surface area contributed by atoms with Crippen molar-refractivity contribution in [3.05, 3.63) is 12.2 Å². The first kappa shape index (κ1) is 27.0. The summed E-state index contributed by atoms with van der Waals surface area (Å²) in [7, 11) is -6.36. The number of hydrogen-bond donors (Lipinski definition) is 1. The van der Waals surface area contributed by atoms with E-state index in [9.17, 15) is 57.7 Å². The third-order valence-corrected chi connectivity index (χ3v) is 3.83. The van der Waals surface area contributed by atoms with E-state index in [1.165, 1.54) is 5.32 Å². The zero-order valence-electron chi connectivity index (χ0n) is 14.1. The topological polar surface area (TPSA) is 122 Å². The highest BCUT2D eigenvalue weighted by molar-refractivity contribution is 7.86. The maximum atomic E-state index is 13.4. The molecule has 1 atom stereocenters. The van der Waals surface area contributed by atoms with Crippen LogP contribution in [0.3, 0.4) is 0 Å². The first-order valence-corrected chi connectivity index (χ1v) is 8.45. The fraction of sp³-hybridized carbons (Fsp3) is 0.667. The number of nitrogens with one attached hydrogen (secondary N) is 1. The third kappa shape index (κ3) is 6.49. The van der Waals surface area contributed by atoms with Gasteiger partial charge in [0.05, 0.1) is 6.61 Å². The largest absolute Gasteiger partial charge is 0.743 e. The second-order valence-electron chi connectivity index (χ2n) is 5.03. The average Bonchev–Trinajstić information content (AvgIpc) is 2.49. The Balaban J connectivity index is 6.01. The normalized spacial score (nSPS) is 15.4. The van der Waals surface area contributed by atoms with Crippen LogP contribution in [0.25, 0.3) is 0 Å². The molecule has 17 heteroatoms. The van der Waals surface area contributed by atoms with Gasteiger partial charge in [-0.1, -0.05) is 6.58 Å². The van der Waals surface area contributed by atoms with Crippen LogP contribution in [-0.2, 0) is 29.2 Å². The van der Waals surface area contributed by atoms with Gasteiger partial charge >= 0.3 is 35.3 Å². The van der Waals surface area contributed by atoms with Gasteiger partial charge in [0.25, 0.3) is 0 Å². The van der Waals surface area contributed by atoms with Crippen LogP contribution in [0.2, 0.25) is 0 Å². The summed E-state index contributed by atoms with van der Waals surface area (Å²) >= 11 is 0. The minimum atomic E-state index is -6.36. The van der Waals surface area contributed by atoms with E-state index in [0.29, 0.717) is 0 Å². The Morgan fingerprint density at radius 2 is 1.55 bits per heavy atom. The molecule has 8 nitrogen and oxygen atoms in total. The predicted octanol–water partition coefficient (Wildman–Crippen LogP) is 1.59. The van der Waals surface area contributed by atoms with Crippen LogP contribution < -0.4 is 5.32 Å². The number of amides is 1. The lowest BCUT2D eigenvalue weighted by Gasteiger charge is -2.33. The summed E-state index contributed by atoms with van der Waals surface area (Å²) in [4.78, 5) is 23.1. The quantitative estimate of drug-likeness (QED) is 0.180. The van der Waals surface area contributed by atoms with E-state index >= 15 is 0 Å². The van der Waals surface area contributed by atoms with Crippen LogP contribution in [0.1, 0.15) is 13.3 Å². The van der Waals surface area contributed by atoms with Crippen LogP contribution >= 0.6 is 0 Å². The number of halogens is 8. The Morgan fingerprint density at radius 3 is 1.90 bits per heavy atom. The summed E-state index contributed by atoms with van der Waals surface area (Å²) in [6.45, 7) is 0.537. The zero-order chi connectivity index (χ0) is 23.5. The smallest absolute Gasteiger partial charge is 0.466 e. The van der Waals surface area contributed by atoms with Crippen molar-refractivity contribution < 1.29 is 67.2 Å². The maximum Gasteiger partial charge on any atom is 0.466 e. The van der Waals surface area contributed by atoms with Crippen molar-refractivity contribution in [2.24, 2.45) is 0 Å². The van der Waals surface area contributed by atoms with E-state index in [2.05, 4.69) is 16.1 Å². The van der Waals surface area contributed by atoms with Crippen molar-refractivity contribution in [2.75, 3.05) is 13.2 Å². The summed E-state index contributed by atoms with van der Waals surface area (Å²) in [5.74, 6) is -10.1. The molecule has 0 saturated heterocycles. The molecule has 0 aliphatic heterocycles. The minimum absolute atomic E-state index is 0.608. The van der Waals surface area contributed by atoms with Crippen molar-refractivity contribution in [2.45, 2.75) is 36.7 Å². The van der Waals surface area contributed by atoms with Crippen LogP contribution in [-0.4, -0.2) is 61.4 Å². The molecule has 29 heavy (non-hydrogen) atoms. The Bertz CT molecular complexity index is 746. The van der Waals surface area contributed by atoms with Crippen LogP contribution in [0.4, 0.5) is 35.1 Å². The van der Waals surface area contributed by atoms with Crippen molar-refractivity contribution in [3.63, 3.8) is 0 Å². The molecule has 1 amide bonds. The van der Waals surface area contributed by atoms with Crippen molar-refractivity contribution in [1.29, 1.82) is 0 Å². The monoisotopic (exact) mass is 466 g/mol. The van der Waals surface area contributed by atoms with Gasteiger partial charge in [0, 0.05) is 13.0 Å². The second kappa shape index (κ2) is 8.78. The molecule has 0 aromatic rings. The molecule has 0 bridgehead atoms. The molecule has 0 radical (unpaired) electrons. The Labute approximate surface area is 157 Å². The SMILES string of the molecule is C=C(C(=O)OC(OCCC(F)(F)S(=O)(=O)[O-])(C(=O)NCC)C(F)(F)F)C(F)(F)F. The number of alkyl halides is 8. The van der Waals surface area contributed by atoms with Gasteiger partial charge in [0.2, 0.25) is 0 Å².